The molecule has 2 aromatic carbocycles. The molecule has 0 aromatic heterocycles. The Kier molecular flexibility index (Phi) is 7.51. The molecule has 0 radical (unpaired) electrons. The van der Waals surface area contributed by atoms with E-state index in [9.17, 15) is 14.7 Å². The molecular weight excluding hydrogens is 332 g/mol. The van der Waals surface area contributed by atoms with Gasteiger partial charge in [0.05, 0.1) is 18.9 Å². The first-order chi connectivity index (χ1) is 12.7. The molecular formula is C20H22N2O4. The number of nitrogens with one attached hydrogen (secondary N) is 1. The van der Waals surface area contributed by atoms with E-state index in [2.05, 4.69) is 10.3 Å². The van der Waals surface area contributed by atoms with E-state index in [1.54, 1.807) is 6.92 Å². The molecule has 6 nitrogen and oxygen atoms in total. The fraction of sp³-hybridized carbons (Fsp3) is 0.250. The van der Waals surface area contributed by atoms with E-state index in [0.29, 0.717) is 5.71 Å². The summed E-state index contributed by atoms with van der Waals surface area (Å²) in [6, 6.07) is 17.8. The number of nitrogens with zero attached hydrogens (tertiary/aromatic N) is 1. The zero-order valence-corrected chi connectivity index (χ0v) is 14.6. The van der Waals surface area contributed by atoms with Gasteiger partial charge in [0.25, 0.3) is 0 Å². The third-order valence-electron chi connectivity index (χ3n) is 3.57. The van der Waals surface area contributed by atoms with Crippen molar-refractivity contribution in [3.05, 3.63) is 71.8 Å². The number of ether oxygens (including phenoxy) is 1. The molecule has 0 bridgehead atoms. The Labute approximate surface area is 152 Å². The molecule has 1 amide bonds. The molecule has 0 fully saturated rings. The smallest absolute Gasteiger partial charge is 0.325 e. The molecule has 0 heterocycles. The predicted molar refractivity (Wildman–Crippen MR) is 99.0 cm³/mol. The minimum atomic E-state index is -1.03. The summed E-state index contributed by atoms with van der Waals surface area (Å²) in [5.41, 5.74) is 2.25. The molecule has 0 aliphatic heterocycles. The number of hydrogen-bond donors (Lipinski definition) is 2. The third-order valence-corrected chi connectivity index (χ3v) is 3.57. The van der Waals surface area contributed by atoms with Gasteiger partial charge in [-0.2, -0.15) is 0 Å². The van der Waals surface area contributed by atoms with Crippen molar-refractivity contribution in [3.8, 4) is 0 Å². The molecule has 0 aliphatic rings. The monoisotopic (exact) mass is 354 g/mol. The zero-order chi connectivity index (χ0) is 18.8. The van der Waals surface area contributed by atoms with Crippen molar-refractivity contribution in [1.82, 2.24) is 5.32 Å². The Morgan fingerprint density at radius 3 is 2.04 bits per heavy atom. The summed E-state index contributed by atoms with van der Waals surface area (Å²) in [5.74, 6) is -1.07. The number of aliphatic hydroxyl groups excluding tert-OH is 1. The van der Waals surface area contributed by atoms with Gasteiger partial charge in [0.15, 0.2) is 6.04 Å². The Hall–Kier alpha value is -2.99. The summed E-state index contributed by atoms with van der Waals surface area (Å²) in [7, 11) is 0. The van der Waals surface area contributed by atoms with Crippen molar-refractivity contribution in [2.24, 2.45) is 4.99 Å². The van der Waals surface area contributed by atoms with Crippen LogP contribution in [0.4, 0.5) is 0 Å². The quantitative estimate of drug-likeness (QED) is 0.556. The van der Waals surface area contributed by atoms with Gasteiger partial charge in [0, 0.05) is 11.1 Å². The highest BCUT2D eigenvalue weighted by molar-refractivity contribution is 6.13. The predicted octanol–water partition coefficient (Wildman–Crippen LogP) is 1.56. The minimum Gasteiger partial charge on any atom is -0.465 e. The van der Waals surface area contributed by atoms with Crippen molar-refractivity contribution in [2.45, 2.75) is 13.0 Å². The normalized spacial score (nSPS) is 11.3. The summed E-state index contributed by atoms with van der Waals surface area (Å²) in [6.45, 7) is 1.19. The first-order valence-electron chi connectivity index (χ1n) is 8.38. The Bertz CT molecular complexity index is 703. The average Bonchev–Trinajstić information content (AvgIpc) is 2.68. The molecule has 2 N–H and O–H groups in total. The second kappa shape index (κ2) is 10.1. The first kappa shape index (κ1) is 19.3. The van der Waals surface area contributed by atoms with Crippen LogP contribution in [0, 0.1) is 0 Å². The van der Waals surface area contributed by atoms with Crippen LogP contribution >= 0.6 is 0 Å². The van der Waals surface area contributed by atoms with E-state index in [-0.39, 0.29) is 13.2 Å². The number of carbonyl (C=O) groups is 2. The van der Waals surface area contributed by atoms with Crippen LogP contribution in [0.25, 0.3) is 0 Å². The van der Waals surface area contributed by atoms with Crippen LogP contribution in [0.3, 0.4) is 0 Å². The van der Waals surface area contributed by atoms with Gasteiger partial charge in [-0.15, -0.1) is 0 Å². The Balaban J connectivity index is 2.26. The minimum absolute atomic E-state index is 0.239. The maximum Gasteiger partial charge on any atom is 0.325 e. The third kappa shape index (κ3) is 5.53. The van der Waals surface area contributed by atoms with Crippen LogP contribution in [0.15, 0.2) is 65.7 Å². The molecule has 2 aromatic rings. The van der Waals surface area contributed by atoms with Crippen molar-refractivity contribution in [2.75, 3.05) is 19.8 Å². The largest absolute Gasteiger partial charge is 0.465 e. The number of rotatable bonds is 8. The molecule has 136 valence electrons. The topological polar surface area (TPSA) is 88.0 Å². The lowest BCUT2D eigenvalue weighted by Gasteiger charge is -2.14. The van der Waals surface area contributed by atoms with Crippen molar-refractivity contribution in [3.63, 3.8) is 0 Å². The first-order valence-corrected chi connectivity index (χ1v) is 8.38. The maximum atomic E-state index is 12.3. The number of benzene rings is 2. The summed E-state index contributed by atoms with van der Waals surface area (Å²) >= 11 is 0. The highest BCUT2D eigenvalue weighted by Gasteiger charge is 2.19. The fourth-order valence-electron chi connectivity index (χ4n) is 2.34. The van der Waals surface area contributed by atoms with Crippen LogP contribution in [-0.4, -0.2) is 48.5 Å². The number of hydrogen-bond acceptors (Lipinski definition) is 5. The van der Waals surface area contributed by atoms with Gasteiger partial charge < -0.3 is 15.2 Å². The number of amides is 1. The molecule has 0 saturated carbocycles. The van der Waals surface area contributed by atoms with Crippen LogP contribution in [0.5, 0.6) is 0 Å². The van der Waals surface area contributed by atoms with Gasteiger partial charge in [-0.25, -0.2) is 0 Å². The summed E-state index contributed by atoms with van der Waals surface area (Å²) in [6.07, 6.45) is 0. The molecule has 0 aliphatic carbocycles. The molecule has 2 rings (SSSR count). The van der Waals surface area contributed by atoms with Gasteiger partial charge in [0.2, 0.25) is 5.91 Å². The maximum absolute atomic E-state index is 12.3. The van der Waals surface area contributed by atoms with E-state index in [0.717, 1.165) is 11.1 Å². The Morgan fingerprint density at radius 2 is 1.58 bits per heavy atom. The number of aliphatic imine (C=N–C) groups is 1. The second-order valence-corrected chi connectivity index (χ2v) is 5.43. The molecule has 0 unspecified atom stereocenters. The van der Waals surface area contributed by atoms with E-state index in [1.165, 1.54) is 0 Å². The van der Waals surface area contributed by atoms with Crippen LogP contribution in [0.1, 0.15) is 18.1 Å². The highest BCUT2D eigenvalue weighted by Crippen LogP contribution is 2.12. The second-order valence-electron chi connectivity index (χ2n) is 5.43. The molecule has 1 atom stereocenters. The average molecular weight is 354 g/mol. The fourth-order valence-corrected chi connectivity index (χ4v) is 2.34. The van der Waals surface area contributed by atoms with E-state index < -0.39 is 24.5 Å². The van der Waals surface area contributed by atoms with Gasteiger partial charge in [0.1, 0.15) is 6.54 Å². The summed E-state index contributed by atoms with van der Waals surface area (Å²) in [5, 5.41) is 12.1. The number of aliphatic hydroxyl groups is 1. The van der Waals surface area contributed by atoms with Gasteiger partial charge in [-0.1, -0.05) is 60.7 Å². The Morgan fingerprint density at radius 1 is 1.04 bits per heavy atom. The van der Waals surface area contributed by atoms with Gasteiger partial charge in [-0.3, -0.25) is 14.6 Å². The number of carbonyl (C=O) groups excluding carboxylic acids is 2. The SMILES string of the molecule is CCOC(=O)CNC(=O)[C@H](CO)N=C(c1ccccc1)c1ccccc1. The summed E-state index contributed by atoms with van der Waals surface area (Å²) < 4.78 is 4.77. The van der Waals surface area contributed by atoms with Gasteiger partial charge in [-0.05, 0) is 6.92 Å². The summed E-state index contributed by atoms with van der Waals surface area (Å²) in [4.78, 5) is 28.1. The van der Waals surface area contributed by atoms with Crippen LogP contribution in [-0.2, 0) is 14.3 Å². The van der Waals surface area contributed by atoms with Gasteiger partial charge >= 0.3 is 5.97 Å². The lowest BCUT2D eigenvalue weighted by molar-refractivity contribution is -0.143. The standard InChI is InChI=1S/C20H22N2O4/c1-2-26-18(24)13-21-20(25)17(14-23)22-19(15-9-5-3-6-10-15)16-11-7-4-8-12-16/h3-12,17,23H,2,13-14H2,1H3,(H,21,25)/t17-/m0/s1. The van der Waals surface area contributed by atoms with Crippen LogP contribution < -0.4 is 5.32 Å². The highest BCUT2D eigenvalue weighted by atomic mass is 16.5. The molecule has 0 spiro atoms. The van der Waals surface area contributed by atoms with E-state index >= 15 is 0 Å². The van der Waals surface area contributed by atoms with E-state index in [4.69, 9.17) is 4.74 Å². The van der Waals surface area contributed by atoms with Crippen LogP contribution in [0.2, 0.25) is 0 Å². The number of esters is 1. The molecule has 0 saturated heterocycles. The van der Waals surface area contributed by atoms with E-state index in [1.807, 2.05) is 60.7 Å². The van der Waals surface area contributed by atoms with Crippen molar-refractivity contribution < 1.29 is 19.4 Å². The lowest BCUT2D eigenvalue weighted by atomic mass is 10.0. The molecule has 26 heavy (non-hydrogen) atoms. The molecule has 6 heteroatoms. The van der Waals surface area contributed by atoms with Crippen molar-refractivity contribution >= 4 is 17.6 Å². The van der Waals surface area contributed by atoms with Crippen molar-refractivity contribution in [1.29, 1.82) is 0 Å². The lowest BCUT2D eigenvalue weighted by Crippen LogP contribution is -2.39. The zero-order valence-electron chi connectivity index (χ0n) is 14.6.